The van der Waals surface area contributed by atoms with Gasteiger partial charge in [-0.05, 0) is 49.9 Å². The lowest BCUT2D eigenvalue weighted by Crippen LogP contribution is -2.42. The van der Waals surface area contributed by atoms with E-state index in [2.05, 4.69) is 10.6 Å². The molecule has 0 bridgehead atoms. The molecule has 6 heteroatoms. The van der Waals surface area contributed by atoms with Crippen LogP contribution in [-0.4, -0.2) is 35.4 Å². The number of rotatable bonds is 7. The standard InChI is InChI=1S/C15H18N2O4/c1-9(18)10-4-6-12(7-5-10)17-13(19)8-16-14(15(20)21)11-2-3-11/h4-7,11,14,16H,2-3,8H2,1H3,(H,17,19)(H,20,21). The number of anilines is 1. The van der Waals surface area contributed by atoms with Crippen LogP contribution in [0.3, 0.4) is 0 Å². The maximum atomic E-state index is 11.8. The van der Waals surface area contributed by atoms with E-state index >= 15 is 0 Å². The number of Topliss-reactive ketones (excluding diaryl/α,β-unsaturated/α-hetero) is 1. The van der Waals surface area contributed by atoms with Gasteiger partial charge in [0, 0.05) is 11.3 Å². The average molecular weight is 290 g/mol. The van der Waals surface area contributed by atoms with Crippen LogP contribution in [0.5, 0.6) is 0 Å². The summed E-state index contributed by atoms with van der Waals surface area (Å²) < 4.78 is 0. The number of carbonyl (C=O) groups excluding carboxylic acids is 2. The van der Waals surface area contributed by atoms with Crippen molar-refractivity contribution in [3.05, 3.63) is 29.8 Å². The lowest BCUT2D eigenvalue weighted by atomic mass is 10.1. The fourth-order valence-electron chi connectivity index (χ4n) is 2.08. The van der Waals surface area contributed by atoms with Crippen LogP contribution in [0.2, 0.25) is 0 Å². The molecule has 2 rings (SSSR count). The Bertz CT molecular complexity index is 549. The first kappa shape index (κ1) is 15.2. The Kier molecular flexibility index (Phi) is 4.70. The first-order valence-electron chi connectivity index (χ1n) is 6.84. The molecule has 6 nitrogen and oxygen atoms in total. The monoisotopic (exact) mass is 290 g/mol. The van der Waals surface area contributed by atoms with Crippen molar-refractivity contribution in [3.63, 3.8) is 0 Å². The Balaban J connectivity index is 1.83. The van der Waals surface area contributed by atoms with E-state index in [9.17, 15) is 14.4 Å². The Labute approximate surface area is 122 Å². The smallest absolute Gasteiger partial charge is 0.320 e. The normalized spacial score (nSPS) is 15.3. The van der Waals surface area contributed by atoms with Crippen molar-refractivity contribution in [1.29, 1.82) is 0 Å². The van der Waals surface area contributed by atoms with E-state index in [1.807, 2.05) is 0 Å². The minimum Gasteiger partial charge on any atom is -0.480 e. The van der Waals surface area contributed by atoms with E-state index in [1.165, 1.54) is 6.92 Å². The van der Waals surface area contributed by atoms with Gasteiger partial charge in [-0.2, -0.15) is 0 Å². The molecule has 0 spiro atoms. The first-order chi connectivity index (χ1) is 9.97. The number of hydrogen-bond donors (Lipinski definition) is 3. The maximum Gasteiger partial charge on any atom is 0.320 e. The third-order valence-electron chi connectivity index (χ3n) is 3.42. The molecule has 0 heterocycles. The Morgan fingerprint density at radius 2 is 1.86 bits per heavy atom. The minimum atomic E-state index is -0.920. The van der Waals surface area contributed by atoms with E-state index in [-0.39, 0.29) is 24.2 Å². The van der Waals surface area contributed by atoms with Crippen molar-refractivity contribution in [2.24, 2.45) is 5.92 Å². The summed E-state index contributed by atoms with van der Waals surface area (Å²) in [6.07, 6.45) is 1.77. The Morgan fingerprint density at radius 1 is 1.24 bits per heavy atom. The van der Waals surface area contributed by atoms with Gasteiger partial charge < -0.3 is 10.4 Å². The van der Waals surface area contributed by atoms with Gasteiger partial charge in [0.25, 0.3) is 0 Å². The first-order valence-corrected chi connectivity index (χ1v) is 6.84. The highest BCUT2D eigenvalue weighted by molar-refractivity contribution is 5.96. The summed E-state index contributed by atoms with van der Waals surface area (Å²) in [6, 6.07) is 5.90. The van der Waals surface area contributed by atoms with E-state index in [1.54, 1.807) is 24.3 Å². The van der Waals surface area contributed by atoms with Gasteiger partial charge in [-0.3, -0.25) is 19.7 Å². The molecule has 3 N–H and O–H groups in total. The van der Waals surface area contributed by atoms with Gasteiger partial charge in [-0.1, -0.05) is 0 Å². The summed E-state index contributed by atoms with van der Waals surface area (Å²) in [5.74, 6) is -1.14. The fourth-order valence-corrected chi connectivity index (χ4v) is 2.08. The number of carbonyl (C=O) groups is 3. The average Bonchev–Trinajstić information content (AvgIpc) is 3.23. The number of ketones is 1. The molecule has 21 heavy (non-hydrogen) atoms. The molecular weight excluding hydrogens is 272 g/mol. The molecule has 1 amide bonds. The van der Waals surface area contributed by atoms with Gasteiger partial charge in [0.1, 0.15) is 6.04 Å². The SMILES string of the molecule is CC(=O)c1ccc(NC(=O)CNC(C(=O)O)C2CC2)cc1. The summed E-state index contributed by atoms with van der Waals surface area (Å²) in [5, 5.41) is 14.5. The van der Waals surface area contributed by atoms with Crippen molar-refractivity contribution in [2.75, 3.05) is 11.9 Å². The second kappa shape index (κ2) is 6.49. The number of carboxylic acids is 1. The number of hydrogen-bond acceptors (Lipinski definition) is 4. The predicted octanol–water partition coefficient (Wildman–Crippen LogP) is 1.28. The molecule has 1 aliphatic rings. The summed E-state index contributed by atoms with van der Waals surface area (Å²) in [5.41, 5.74) is 1.15. The zero-order valence-corrected chi connectivity index (χ0v) is 11.8. The summed E-state index contributed by atoms with van der Waals surface area (Å²) in [4.78, 5) is 33.9. The third kappa shape index (κ3) is 4.39. The number of carboxylic acid groups (broad SMARTS) is 1. The lowest BCUT2D eigenvalue weighted by molar-refractivity contribution is -0.140. The molecule has 1 unspecified atom stereocenters. The highest BCUT2D eigenvalue weighted by Gasteiger charge is 2.36. The van der Waals surface area contributed by atoms with Crippen LogP contribution in [0.25, 0.3) is 0 Å². The largest absolute Gasteiger partial charge is 0.480 e. The Hall–Kier alpha value is -2.21. The van der Waals surface area contributed by atoms with Gasteiger partial charge in [0.05, 0.1) is 6.54 Å². The molecule has 0 aromatic heterocycles. The molecule has 1 aromatic carbocycles. The summed E-state index contributed by atoms with van der Waals surface area (Å²) in [7, 11) is 0. The molecule has 0 radical (unpaired) electrons. The van der Waals surface area contributed by atoms with Crippen molar-refractivity contribution in [3.8, 4) is 0 Å². The van der Waals surface area contributed by atoms with Crippen LogP contribution in [0.4, 0.5) is 5.69 Å². The maximum absolute atomic E-state index is 11.8. The lowest BCUT2D eigenvalue weighted by Gasteiger charge is -2.13. The number of aliphatic carboxylic acids is 1. The molecule has 112 valence electrons. The number of amides is 1. The minimum absolute atomic E-state index is 0.0386. The highest BCUT2D eigenvalue weighted by Crippen LogP contribution is 2.32. The van der Waals surface area contributed by atoms with Crippen LogP contribution < -0.4 is 10.6 Å². The molecular formula is C15H18N2O4. The highest BCUT2D eigenvalue weighted by atomic mass is 16.4. The number of nitrogens with one attached hydrogen (secondary N) is 2. The predicted molar refractivity (Wildman–Crippen MR) is 77.2 cm³/mol. The summed E-state index contributed by atoms with van der Waals surface area (Å²) >= 11 is 0. The Morgan fingerprint density at radius 3 is 2.33 bits per heavy atom. The van der Waals surface area contributed by atoms with E-state index in [4.69, 9.17) is 5.11 Å². The molecule has 0 aliphatic heterocycles. The van der Waals surface area contributed by atoms with Crippen molar-refractivity contribution < 1.29 is 19.5 Å². The topological polar surface area (TPSA) is 95.5 Å². The van der Waals surface area contributed by atoms with Gasteiger partial charge in [0.2, 0.25) is 5.91 Å². The van der Waals surface area contributed by atoms with E-state index < -0.39 is 12.0 Å². The van der Waals surface area contributed by atoms with Gasteiger partial charge in [0.15, 0.2) is 5.78 Å². The summed E-state index contributed by atoms with van der Waals surface area (Å²) in [6.45, 7) is 1.42. The quantitative estimate of drug-likeness (QED) is 0.657. The molecule has 1 aromatic rings. The van der Waals surface area contributed by atoms with Gasteiger partial charge >= 0.3 is 5.97 Å². The molecule has 1 atom stereocenters. The van der Waals surface area contributed by atoms with Crippen molar-refractivity contribution in [2.45, 2.75) is 25.8 Å². The second-order valence-corrected chi connectivity index (χ2v) is 5.22. The molecule has 1 fully saturated rings. The van der Waals surface area contributed by atoms with Crippen LogP contribution in [0.1, 0.15) is 30.1 Å². The van der Waals surface area contributed by atoms with Gasteiger partial charge in [-0.15, -0.1) is 0 Å². The third-order valence-corrected chi connectivity index (χ3v) is 3.42. The van der Waals surface area contributed by atoms with E-state index in [0.717, 1.165) is 12.8 Å². The molecule has 1 saturated carbocycles. The van der Waals surface area contributed by atoms with Crippen LogP contribution in [0.15, 0.2) is 24.3 Å². The van der Waals surface area contributed by atoms with Crippen LogP contribution in [-0.2, 0) is 9.59 Å². The fraction of sp³-hybridized carbons (Fsp3) is 0.400. The molecule has 0 saturated heterocycles. The van der Waals surface area contributed by atoms with Crippen molar-refractivity contribution >= 4 is 23.3 Å². The van der Waals surface area contributed by atoms with Gasteiger partial charge in [-0.25, -0.2) is 0 Å². The zero-order chi connectivity index (χ0) is 15.4. The van der Waals surface area contributed by atoms with Crippen LogP contribution in [0, 0.1) is 5.92 Å². The van der Waals surface area contributed by atoms with Crippen LogP contribution >= 0.6 is 0 Å². The zero-order valence-electron chi connectivity index (χ0n) is 11.8. The number of benzene rings is 1. The second-order valence-electron chi connectivity index (χ2n) is 5.22. The van der Waals surface area contributed by atoms with Crippen molar-refractivity contribution in [1.82, 2.24) is 5.32 Å². The molecule has 1 aliphatic carbocycles. The van der Waals surface area contributed by atoms with E-state index in [0.29, 0.717) is 11.3 Å².